The van der Waals surface area contributed by atoms with Crippen molar-refractivity contribution >= 4 is 10.9 Å². The van der Waals surface area contributed by atoms with E-state index in [1.54, 1.807) is 0 Å². The number of nitrogens with two attached hydrogens (primary N) is 1. The summed E-state index contributed by atoms with van der Waals surface area (Å²) in [5.41, 5.74) is 8.75. The summed E-state index contributed by atoms with van der Waals surface area (Å²) in [6.07, 6.45) is 8.21. The van der Waals surface area contributed by atoms with Crippen molar-refractivity contribution in [1.82, 2.24) is 9.88 Å². The second-order valence-electron chi connectivity index (χ2n) is 6.63. The van der Waals surface area contributed by atoms with Gasteiger partial charge in [-0.2, -0.15) is 0 Å². The molecule has 110 valence electrons. The van der Waals surface area contributed by atoms with Gasteiger partial charge in [-0.05, 0) is 37.3 Å². The third kappa shape index (κ3) is 2.45. The molecule has 0 amide bonds. The second kappa shape index (κ2) is 5.39. The highest BCUT2D eigenvalue weighted by Gasteiger charge is 2.36. The summed E-state index contributed by atoms with van der Waals surface area (Å²) in [6.45, 7) is 1.02. The van der Waals surface area contributed by atoms with Gasteiger partial charge in [0.15, 0.2) is 0 Å². The molecular weight excluding hydrogens is 258 g/mol. The molecule has 2 saturated heterocycles. The van der Waals surface area contributed by atoms with Gasteiger partial charge in [0.1, 0.15) is 0 Å². The van der Waals surface area contributed by atoms with E-state index in [4.69, 9.17) is 5.73 Å². The van der Waals surface area contributed by atoms with E-state index in [0.29, 0.717) is 18.1 Å². The van der Waals surface area contributed by atoms with Crippen LogP contribution in [0.4, 0.5) is 0 Å². The van der Waals surface area contributed by atoms with Crippen molar-refractivity contribution in [1.29, 1.82) is 0 Å². The Balaban J connectivity index is 1.65. The van der Waals surface area contributed by atoms with Crippen molar-refractivity contribution in [2.45, 2.75) is 56.8 Å². The van der Waals surface area contributed by atoms with Crippen molar-refractivity contribution in [2.75, 3.05) is 0 Å². The van der Waals surface area contributed by atoms with Crippen LogP contribution in [0.3, 0.4) is 0 Å². The van der Waals surface area contributed by atoms with Gasteiger partial charge in [-0.1, -0.05) is 30.7 Å². The van der Waals surface area contributed by atoms with Crippen molar-refractivity contribution in [3.05, 3.63) is 42.1 Å². The number of benzene rings is 1. The summed E-state index contributed by atoms with van der Waals surface area (Å²) in [5.74, 6) is 0. The number of aromatic nitrogens is 1. The first-order valence-corrected chi connectivity index (χ1v) is 8.15. The highest BCUT2D eigenvalue weighted by atomic mass is 15.2. The highest BCUT2D eigenvalue weighted by Crippen LogP contribution is 2.35. The standard InChI is InChI=1S/C18H23N3/c19-15-10-16-7-2-8-17(11-15)21(16)12-14-5-1-4-13-6-3-9-20-18(13)14/h1,3-6,9,15-17H,2,7-8,10-12,19H2. The molecule has 2 bridgehead atoms. The molecule has 3 heteroatoms. The number of pyridine rings is 1. The van der Waals surface area contributed by atoms with Gasteiger partial charge in [0.25, 0.3) is 0 Å². The number of nitrogens with zero attached hydrogens (tertiary/aromatic N) is 2. The number of fused-ring (bicyclic) bond motifs is 3. The molecule has 4 rings (SSSR count). The molecule has 3 heterocycles. The Morgan fingerprint density at radius 3 is 2.67 bits per heavy atom. The van der Waals surface area contributed by atoms with Gasteiger partial charge in [-0.3, -0.25) is 9.88 Å². The van der Waals surface area contributed by atoms with Crippen molar-refractivity contribution in [3.8, 4) is 0 Å². The van der Waals surface area contributed by atoms with Crippen LogP contribution < -0.4 is 5.73 Å². The minimum atomic E-state index is 0.405. The van der Waals surface area contributed by atoms with Crippen LogP contribution in [0.15, 0.2) is 36.5 Å². The smallest absolute Gasteiger partial charge is 0.0746 e. The maximum atomic E-state index is 6.23. The highest BCUT2D eigenvalue weighted by molar-refractivity contribution is 5.81. The lowest BCUT2D eigenvalue weighted by Crippen LogP contribution is -2.54. The number of hydrogen-bond acceptors (Lipinski definition) is 3. The first-order valence-electron chi connectivity index (χ1n) is 8.15. The van der Waals surface area contributed by atoms with E-state index >= 15 is 0 Å². The van der Waals surface area contributed by atoms with E-state index in [0.717, 1.165) is 24.9 Å². The van der Waals surface area contributed by atoms with E-state index < -0.39 is 0 Å². The Bertz CT molecular complexity index is 620. The van der Waals surface area contributed by atoms with Crippen molar-refractivity contribution in [2.24, 2.45) is 5.73 Å². The Hall–Kier alpha value is -1.45. The summed E-state index contributed by atoms with van der Waals surface area (Å²) in [7, 11) is 0. The molecule has 0 radical (unpaired) electrons. The van der Waals surface area contributed by atoms with Crippen molar-refractivity contribution < 1.29 is 0 Å². The molecule has 2 atom stereocenters. The number of hydrogen-bond donors (Lipinski definition) is 1. The number of para-hydroxylation sites is 1. The summed E-state index contributed by atoms with van der Waals surface area (Å²) in [6, 6.07) is 12.5. The zero-order valence-corrected chi connectivity index (χ0v) is 12.4. The zero-order chi connectivity index (χ0) is 14.2. The fourth-order valence-corrected chi connectivity index (χ4v) is 4.27. The molecule has 2 N–H and O–H groups in total. The number of rotatable bonds is 2. The van der Waals surface area contributed by atoms with Crippen LogP contribution in [0.5, 0.6) is 0 Å². The topological polar surface area (TPSA) is 42.1 Å². The Morgan fingerprint density at radius 2 is 1.86 bits per heavy atom. The molecule has 2 fully saturated rings. The molecule has 2 aliphatic rings. The average molecular weight is 281 g/mol. The molecule has 3 nitrogen and oxygen atoms in total. The van der Waals surface area contributed by atoms with Crippen LogP contribution in [0.1, 0.15) is 37.7 Å². The maximum Gasteiger partial charge on any atom is 0.0746 e. The predicted molar refractivity (Wildman–Crippen MR) is 85.9 cm³/mol. The fourth-order valence-electron chi connectivity index (χ4n) is 4.27. The second-order valence-corrected chi connectivity index (χ2v) is 6.63. The van der Waals surface area contributed by atoms with Gasteiger partial charge in [0.2, 0.25) is 0 Å². The monoisotopic (exact) mass is 281 g/mol. The fraction of sp³-hybridized carbons (Fsp3) is 0.500. The molecule has 2 unspecified atom stereocenters. The Labute approximate surface area is 126 Å². The summed E-state index contributed by atoms with van der Waals surface area (Å²) in [4.78, 5) is 7.31. The average Bonchev–Trinajstić information content (AvgIpc) is 2.48. The maximum absolute atomic E-state index is 6.23. The molecule has 0 saturated carbocycles. The first kappa shape index (κ1) is 13.2. The van der Waals surface area contributed by atoms with Crippen LogP contribution in [0.25, 0.3) is 10.9 Å². The van der Waals surface area contributed by atoms with Gasteiger partial charge in [0.05, 0.1) is 5.52 Å². The van der Waals surface area contributed by atoms with Gasteiger partial charge >= 0.3 is 0 Å². The lowest BCUT2D eigenvalue weighted by molar-refractivity contribution is 0.0248. The van der Waals surface area contributed by atoms with Gasteiger partial charge in [0, 0.05) is 36.3 Å². The van der Waals surface area contributed by atoms with Gasteiger partial charge in [-0.25, -0.2) is 0 Å². The Morgan fingerprint density at radius 1 is 1.10 bits per heavy atom. The lowest BCUT2D eigenvalue weighted by atomic mass is 9.82. The van der Waals surface area contributed by atoms with Gasteiger partial charge in [-0.15, -0.1) is 0 Å². The van der Waals surface area contributed by atoms with Gasteiger partial charge < -0.3 is 5.73 Å². The minimum Gasteiger partial charge on any atom is -0.328 e. The quantitative estimate of drug-likeness (QED) is 0.920. The molecule has 21 heavy (non-hydrogen) atoms. The summed E-state index contributed by atoms with van der Waals surface area (Å²) < 4.78 is 0. The molecule has 0 aliphatic carbocycles. The third-order valence-corrected chi connectivity index (χ3v) is 5.23. The van der Waals surface area contributed by atoms with E-state index in [1.165, 1.54) is 30.2 Å². The predicted octanol–water partition coefficient (Wildman–Crippen LogP) is 3.08. The molecule has 1 aromatic heterocycles. The molecular formula is C18H23N3. The largest absolute Gasteiger partial charge is 0.328 e. The van der Waals surface area contributed by atoms with E-state index in [9.17, 15) is 0 Å². The lowest BCUT2D eigenvalue weighted by Gasteiger charge is -2.48. The Kier molecular flexibility index (Phi) is 3.40. The molecule has 2 aromatic rings. The van der Waals surface area contributed by atoms with E-state index in [1.807, 2.05) is 12.3 Å². The van der Waals surface area contributed by atoms with Crippen molar-refractivity contribution in [3.63, 3.8) is 0 Å². The van der Waals surface area contributed by atoms with E-state index in [-0.39, 0.29) is 0 Å². The normalized spacial score (nSPS) is 29.7. The summed E-state index contributed by atoms with van der Waals surface area (Å²) >= 11 is 0. The third-order valence-electron chi connectivity index (χ3n) is 5.23. The molecule has 1 aromatic carbocycles. The van der Waals surface area contributed by atoms with Crippen LogP contribution in [0.2, 0.25) is 0 Å². The zero-order valence-electron chi connectivity index (χ0n) is 12.4. The van der Waals surface area contributed by atoms with Crippen LogP contribution in [-0.4, -0.2) is 28.0 Å². The SMILES string of the molecule is NC1CC2CCCC(C1)N2Cc1cccc2cccnc12. The van der Waals surface area contributed by atoms with Crippen LogP contribution in [-0.2, 0) is 6.54 Å². The first-order chi connectivity index (χ1) is 10.3. The molecule has 0 spiro atoms. The molecule has 2 aliphatic heterocycles. The van der Waals surface area contributed by atoms with Crippen LogP contribution >= 0.6 is 0 Å². The number of piperidine rings is 2. The van der Waals surface area contributed by atoms with E-state index in [2.05, 4.69) is 34.1 Å². The minimum absolute atomic E-state index is 0.405. The van der Waals surface area contributed by atoms with Crippen LogP contribution in [0, 0.1) is 0 Å². The summed E-state index contributed by atoms with van der Waals surface area (Å²) in [5, 5.41) is 1.24.